The Morgan fingerprint density at radius 1 is 0.317 bits per heavy atom. The molecule has 6 aromatic heterocycles. The predicted octanol–water partition coefficient (Wildman–Crippen LogP) is 14.1. The Morgan fingerprint density at radius 2 is 0.778 bits per heavy atom. The van der Waals surface area contributed by atoms with Gasteiger partial charge in [0.1, 0.15) is 22.2 Å². The van der Waals surface area contributed by atoms with Gasteiger partial charge in [0, 0.05) is 46.7 Å². The molecular weight excluding hydrogens is 773 g/mol. The molecular formula is C57H32N4O2. The summed E-state index contributed by atoms with van der Waals surface area (Å²) in [6.45, 7) is 0. The fraction of sp³-hybridized carbons (Fsp3) is 0.0175. The Kier molecular flexibility index (Phi) is 6.94. The van der Waals surface area contributed by atoms with Gasteiger partial charge in [-0.25, -0.2) is 0 Å². The minimum absolute atomic E-state index is 0.695. The molecule has 14 rings (SSSR count). The number of hydrogen-bond donors (Lipinski definition) is 0. The van der Waals surface area contributed by atoms with Crippen LogP contribution >= 0.6 is 0 Å². The zero-order valence-electron chi connectivity index (χ0n) is 33.6. The zero-order chi connectivity index (χ0) is 41.2. The van der Waals surface area contributed by atoms with Crippen LogP contribution in [0.15, 0.2) is 203 Å². The smallest absolute Gasteiger partial charge is 0.161 e. The summed E-state index contributed by atoms with van der Waals surface area (Å²) in [4.78, 5) is 19.8. The molecule has 292 valence electrons. The van der Waals surface area contributed by atoms with E-state index in [4.69, 9.17) is 28.8 Å². The van der Waals surface area contributed by atoms with Crippen LogP contribution in [0.3, 0.4) is 0 Å². The fourth-order valence-corrected chi connectivity index (χ4v) is 10.6. The lowest BCUT2D eigenvalue weighted by atomic mass is 9.70. The molecule has 0 atom stereocenters. The van der Waals surface area contributed by atoms with E-state index in [1.54, 1.807) is 0 Å². The maximum Gasteiger partial charge on any atom is 0.161 e. The van der Waals surface area contributed by atoms with E-state index in [0.717, 1.165) is 111 Å². The van der Waals surface area contributed by atoms with Crippen LogP contribution in [0.25, 0.3) is 111 Å². The number of pyridine rings is 4. The van der Waals surface area contributed by atoms with E-state index in [1.165, 1.54) is 22.3 Å². The molecule has 1 spiro atoms. The molecule has 12 aromatic rings. The van der Waals surface area contributed by atoms with E-state index in [1.807, 2.05) is 49.1 Å². The maximum atomic E-state index is 6.69. The molecule has 0 bridgehead atoms. The molecule has 6 aromatic carbocycles. The summed E-state index contributed by atoms with van der Waals surface area (Å²) in [5.74, 6) is 0. The van der Waals surface area contributed by atoms with Gasteiger partial charge in [-0.2, -0.15) is 0 Å². The Bertz CT molecular complexity index is 3610. The molecule has 0 N–H and O–H groups in total. The third-order valence-corrected chi connectivity index (χ3v) is 13.3. The van der Waals surface area contributed by atoms with Crippen molar-refractivity contribution < 1.29 is 8.83 Å². The van der Waals surface area contributed by atoms with Gasteiger partial charge >= 0.3 is 0 Å². The highest BCUT2D eigenvalue weighted by atomic mass is 16.3. The first-order valence-corrected chi connectivity index (χ1v) is 21.2. The van der Waals surface area contributed by atoms with Crippen molar-refractivity contribution in [3.8, 4) is 67.0 Å². The van der Waals surface area contributed by atoms with Crippen molar-refractivity contribution in [1.82, 2.24) is 19.9 Å². The molecule has 0 radical (unpaired) electrons. The Morgan fingerprint density at radius 3 is 1.25 bits per heavy atom. The van der Waals surface area contributed by atoms with Crippen molar-refractivity contribution in [1.29, 1.82) is 0 Å². The Hall–Kier alpha value is -8.48. The average Bonchev–Trinajstić information content (AvgIpc) is 4.09. The lowest BCUT2D eigenvalue weighted by molar-refractivity contribution is 0.669. The van der Waals surface area contributed by atoms with Crippen molar-refractivity contribution in [2.45, 2.75) is 5.41 Å². The van der Waals surface area contributed by atoms with Crippen LogP contribution in [-0.2, 0) is 5.41 Å². The van der Waals surface area contributed by atoms with Gasteiger partial charge in [-0.1, -0.05) is 109 Å². The van der Waals surface area contributed by atoms with Crippen LogP contribution in [0, 0.1) is 0 Å². The number of benzene rings is 6. The molecule has 6 heteroatoms. The Balaban J connectivity index is 0.976. The Labute approximate surface area is 360 Å². The van der Waals surface area contributed by atoms with Crippen molar-refractivity contribution in [2.75, 3.05) is 0 Å². The van der Waals surface area contributed by atoms with Crippen LogP contribution < -0.4 is 0 Å². The second kappa shape index (κ2) is 12.8. The molecule has 6 nitrogen and oxygen atoms in total. The van der Waals surface area contributed by atoms with E-state index in [-0.39, 0.29) is 0 Å². The molecule has 0 saturated heterocycles. The first-order valence-electron chi connectivity index (χ1n) is 21.2. The lowest BCUT2D eigenvalue weighted by Gasteiger charge is -2.30. The van der Waals surface area contributed by atoms with Gasteiger partial charge in [-0.3, -0.25) is 19.9 Å². The quantitative estimate of drug-likeness (QED) is 0.176. The van der Waals surface area contributed by atoms with Gasteiger partial charge in [0.05, 0.1) is 16.8 Å². The number of furan rings is 2. The topological polar surface area (TPSA) is 77.8 Å². The standard InChI is InChI=1S/C57H32N4O2/c1-3-9-33(10-4-1)35-17-21-49-43(29-35)51-55(62-49)39(23-27-60-51)37-15-19-41-42-20-16-38(32-48(42)57(47(41)31-37)45-13-7-25-58-53(45)54-46(57)14-8-26-59-54)40-24-28-61-52-44-30-36(34-11-5-2-6-12-34)18-22-50(44)63-56(40)52/h1-32H. The maximum absolute atomic E-state index is 6.69. The molecule has 6 heterocycles. The number of rotatable bonds is 4. The second-order valence-electron chi connectivity index (χ2n) is 16.5. The van der Waals surface area contributed by atoms with Crippen LogP contribution in [0.2, 0.25) is 0 Å². The molecule has 63 heavy (non-hydrogen) atoms. The third-order valence-electron chi connectivity index (χ3n) is 13.3. The normalized spacial score (nSPS) is 13.2. The summed E-state index contributed by atoms with van der Waals surface area (Å²) in [5.41, 5.74) is 21.5. The van der Waals surface area contributed by atoms with Crippen LogP contribution in [-0.4, -0.2) is 19.9 Å². The molecule has 2 aliphatic carbocycles. The van der Waals surface area contributed by atoms with E-state index >= 15 is 0 Å². The summed E-state index contributed by atoms with van der Waals surface area (Å²) in [5, 5.41) is 1.99. The minimum atomic E-state index is -0.695. The minimum Gasteiger partial charge on any atom is -0.454 e. The fourth-order valence-electron chi connectivity index (χ4n) is 10.6. The highest BCUT2D eigenvalue weighted by Gasteiger charge is 2.53. The molecule has 0 unspecified atom stereocenters. The van der Waals surface area contributed by atoms with Gasteiger partial charge in [-0.05, 0) is 127 Å². The van der Waals surface area contributed by atoms with Crippen molar-refractivity contribution in [3.63, 3.8) is 0 Å². The van der Waals surface area contributed by atoms with Crippen LogP contribution in [0.5, 0.6) is 0 Å². The van der Waals surface area contributed by atoms with Gasteiger partial charge in [0.25, 0.3) is 0 Å². The molecule has 0 aliphatic heterocycles. The van der Waals surface area contributed by atoms with Gasteiger partial charge in [0.2, 0.25) is 0 Å². The van der Waals surface area contributed by atoms with E-state index in [0.29, 0.717) is 0 Å². The number of aromatic nitrogens is 4. The largest absolute Gasteiger partial charge is 0.454 e. The second-order valence-corrected chi connectivity index (χ2v) is 16.5. The average molecular weight is 805 g/mol. The van der Waals surface area contributed by atoms with E-state index in [9.17, 15) is 0 Å². The third kappa shape index (κ3) is 4.72. The number of fused-ring (bicyclic) bond motifs is 16. The predicted molar refractivity (Wildman–Crippen MR) is 250 cm³/mol. The summed E-state index contributed by atoms with van der Waals surface area (Å²) in [6, 6.07) is 60.0. The van der Waals surface area contributed by atoms with Gasteiger partial charge < -0.3 is 8.83 Å². The first-order chi connectivity index (χ1) is 31.2. The lowest BCUT2D eigenvalue weighted by Crippen LogP contribution is -2.26. The highest BCUT2D eigenvalue weighted by Crippen LogP contribution is 2.63. The summed E-state index contributed by atoms with van der Waals surface area (Å²) in [7, 11) is 0. The zero-order valence-corrected chi connectivity index (χ0v) is 33.6. The summed E-state index contributed by atoms with van der Waals surface area (Å²) < 4.78 is 13.4. The van der Waals surface area contributed by atoms with E-state index in [2.05, 4.69) is 146 Å². The molecule has 0 fully saturated rings. The monoisotopic (exact) mass is 804 g/mol. The van der Waals surface area contributed by atoms with Crippen LogP contribution in [0.4, 0.5) is 0 Å². The van der Waals surface area contributed by atoms with Gasteiger partial charge in [-0.15, -0.1) is 0 Å². The SMILES string of the molecule is c1ccc(-c2ccc3oc4c(-c5ccc6c(c5)C5(c7cc(-c8ccnc9c8oc8ccc(-c%10ccccc%10)cc89)ccc7-6)c6cccnc6-c6ncccc65)ccnc4c3c2)cc1. The van der Waals surface area contributed by atoms with Crippen LogP contribution in [0.1, 0.15) is 22.3 Å². The molecule has 2 aliphatic rings. The van der Waals surface area contributed by atoms with Crippen molar-refractivity contribution in [2.24, 2.45) is 0 Å². The number of hydrogen-bond acceptors (Lipinski definition) is 6. The highest BCUT2D eigenvalue weighted by molar-refractivity contribution is 6.10. The number of nitrogens with zero attached hydrogens (tertiary/aromatic N) is 4. The summed E-state index contributed by atoms with van der Waals surface area (Å²) >= 11 is 0. The molecule has 0 amide bonds. The molecule has 0 saturated carbocycles. The summed E-state index contributed by atoms with van der Waals surface area (Å²) in [6.07, 6.45) is 7.54. The van der Waals surface area contributed by atoms with Crippen molar-refractivity contribution in [3.05, 3.63) is 217 Å². The van der Waals surface area contributed by atoms with E-state index < -0.39 is 5.41 Å². The first kappa shape index (κ1) is 34.3. The van der Waals surface area contributed by atoms with Gasteiger partial charge in [0.15, 0.2) is 11.2 Å². The van der Waals surface area contributed by atoms with Crippen molar-refractivity contribution >= 4 is 44.1 Å².